The van der Waals surface area contributed by atoms with E-state index in [1.807, 2.05) is 30.3 Å². The third kappa shape index (κ3) is 4.81. The molecular formula is C20H24BrN2OS+. The Hall–Kier alpha value is -1.43. The van der Waals surface area contributed by atoms with Crippen LogP contribution in [0.2, 0.25) is 0 Å². The SMILES string of the molecule is COc1ccc([C@H](CNC(=S)c2cccc(Br)c2)[NH+]2CCCC2)cc1. The zero-order valence-corrected chi connectivity index (χ0v) is 16.8. The second-order valence-corrected chi connectivity index (χ2v) is 7.74. The van der Waals surface area contributed by atoms with Crippen LogP contribution in [-0.4, -0.2) is 31.7 Å². The van der Waals surface area contributed by atoms with Gasteiger partial charge in [0.2, 0.25) is 0 Å². The number of hydrogen-bond acceptors (Lipinski definition) is 2. The first-order chi connectivity index (χ1) is 12.2. The number of methoxy groups -OCH3 is 1. The molecule has 1 saturated heterocycles. The highest BCUT2D eigenvalue weighted by Gasteiger charge is 2.27. The van der Waals surface area contributed by atoms with E-state index in [2.05, 4.69) is 39.4 Å². The van der Waals surface area contributed by atoms with Crippen LogP contribution in [0, 0.1) is 0 Å². The Kier molecular flexibility index (Phi) is 6.45. The second-order valence-electron chi connectivity index (χ2n) is 6.41. The highest BCUT2D eigenvalue weighted by atomic mass is 79.9. The summed E-state index contributed by atoms with van der Waals surface area (Å²) < 4.78 is 6.34. The molecule has 1 aliphatic heterocycles. The van der Waals surface area contributed by atoms with Gasteiger partial charge < -0.3 is 15.0 Å². The summed E-state index contributed by atoms with van der Waals surface area (Å²) in [6, 6.07) is 17.0. The molecule has 0 radical (unpaired) electrons. The van der Waals surface area contributed by atoms with Gasteiger partial charge in [-0.2, -0.15) is 0 Å². The zero-order chi connectivity index (χ0) is 17.6. The molecule has 25 heavy (non-hydrogen) atoms. The largest absolute Gasteiger partial charge is 0.497 e. The Bertz CT molecular complexity index is 714. The fourth-order valence-electron chi connectivity index (χ4n) is 3.44. The lowest BCUT2D eigenvalue weighted by atomic mass is 10.0. The topological polar surface area (TPSA) is 25.7 Å². The van der Waals surface area contributed by atoms with Crippen LogP contribution < -0.4 is 15.0 Å². The van der Waals surface area contributed by atoms with E-state index < -0.39 is 0 Å². The van der Waals surface area contributed by atoms with Gasteiger partial charge in [-0.1, -0.05) is 40.3 Å². The lowest BCUT2D eigenvalue weighted by Crippen LogP contribution is -3.11. The summed E-state index contributed by atoms with van der Waals surface area (Å²) in [6.45, 7) is 3.29. The predicted molar refractivity (Wildman–Crippen MR) is 110 cm³/mol. The van der Waals surface area contributed by atoms with Crippen LogP contribution in [0.5, 0.6) is 5.75 Å². The Morgan fingerprint density at radius 2 is 1.92 bits per heavy atom. The van der Waals surface area contributed by atoms with Crippen molar-refractivity contribution >= 4 is 33.1 Å². The Balaban J connectivity index is 1.72. The van der Waals surface area contributed by atoms with Gasteiger partial charge >= 0.3 is 0 Å². The number of benzene rings is 2. The van der Waals surface area contributed by atoms with E-state index in [0.29, 0.717) is 6.04 Å². The van der Waals surface area contributed by atoms with Gasteiger partial charge in [0.1, 0.15) is 16.8 Å². The summed E-state index contributed by atoms with van der Waals surface area (Å²) >= 11 is 9.11. The van der Waals surface area contributed by atoms with Gasteiger partial charge in [-0.25, -0.2) is 0 Å². The zero-order valence-electron chi connectivity index (χ0n) is 14.4. The van der Waals surface area contributed by atoms with Crippen LogP contribution in [0.15, 0.2) is 53.0 Å². The fraction of sp³-hybridized carbons (Fsp3) is 0.350. The van der Waals surface area contributed by atoms with Crippen LogP contribution >= 0.6 is 28.1 Å². The molecule has 1 heterocycles. The van der Waals surface area contributed by atoms with Gasteiger partial charge in [0.05, 0.1) is 26.7 Å². The van der Waals surface area contributed by atoms with Gasteiger partial charge in [-0.05, 0) is 36.4 Å². The molecule has 0 spiro atoms. The molecule has 1 atom stereocenters. The number of ether oxygens (including phenoxy) is 1. The molecule has 0 bridgehead atoms. The molecule has 3 rings (SSSR count). The Morgan fingerprint density at radius 1 is 1.20 bits per heavy atom. The normalized spacial score (nSPS) is 15.8. The van der Waals surface area contributed by atoms with E-state index in [4.69, 9.17) is 17.0 Å². The Labute approximate surface area is 163 Å². The van der Waals surface area contributed by atoms with Crippen molar-refractivity contribution in [1.29, 1.82) is 0 Å². The smallest absolute Gasteiger partial charge is 0.131 e. The molecule has 1 fully saturated rings. The van der Waals surface area contributed by atoms with Gasteiger partial charge in [0, 0.05) is 28.4 Å². The minimum Gasteiger partial charge on any atom is -0.497 e. The quantitative estimate of drug-likeness (QED) is 0.703. The van der Waals surface area contributed by atoms with Crippen molar-refractivity contribution in [2.24, 2.45) is 0 Å². The summed E-state index contributed by atoms with van der Waals surface area (Å²) in [5.74, 6) is 0.900. The lowest BCUT2D eigenvalue weighted by molar-refractivity contribution is -0.918. The van der Waals surface area contributed by atoms with Crippen LogP contribution in [0.1, 0.15) is 30.0 Å². The molecule has 0 saturated carbocycles. The number of nitrogens with one attached hydrogen (secondary N) is 2. The molecule has 1 aliphatic rings. The lowest BCUT2D eigenvalue weighted by Gasteiger charge is -2.26. The molecular weight excluding hydrogens is 396 g/mol. The molecule has 132 valence electrons. The van der Waals surface area contributed by atoms with Crippen LogP contribution in [-0.2, 0) is 0 Å². The number of rotatable bonds is 6. The molecule has 3 nitrogen and oxygen atoms in total. The Morgan fingerprint density at radius 3 is 2.56 bits per heavy atom. The summed E-state index contributed by atoms with van der Waals surface area (Å²) in [4.78, 5) is 2.44. The van der Waals surface area contributed by atoms with Crippen LogP contribution in [0.4, 0.5) is 0 Å². The molecule has 0 aliphatic carbocycles. The minimum absolute atomic E-state index is 0.401. The summed E-state index contributed by atoms with van der Waals surface area (Å²) in [6.07, 6.45) is 2.61. The maximum Gasteiger partial charge on any atom is 0.131 e. The van der Waals surface area contributed by atoms with Crippen molar-refractivity contribution in [3.05, 3.63) is 64.1 Å². The highest BCUT2D eigenvalue weighted by Crippen LogP contribution is 2.17. The van der Waals surface area contributed by atoms with Crippen molar-refractivity contribution in [1.82, 2.24) is 5.32 Å². The van der Waals surface area contributed by atoms with E-state index in [1.165, 1.54) is 31.5 Å². The standard InChI is InChI=1S/C20H23BrN2OS/c1-24-18-9-7-15(8-10-18)19(23-11-2-3-12-23)14-22-20(25)16-5-4-6-17(21)13-16/h4-10,13,19H,2-3,11-12,14H2,1H3,(H,22,25)/p+1/t19-/m0/s1. The first kappa shape index (κ1) is 18.4. The molecule has 2 aromatic carbocycles. The summed E-state index contributed by atoms with van der Waals surface area (Å²) in [5, 5.41) is 3.49. The second kappa shape index (κ2) is 8.79. The monoisotopic (exact) mass is 419 g/mol. The summed E-state index contributed by atoms with van der Waals surface area (Å²) in [5.41, 5.74) is 2.39. The third-order valence-corrected chi connectivity index (χ3v) is 5.68. The summed E-state index contributed by atoms with van der Waals surface area (Å²) in [7, 11) is 1.70. The number of thiocarbonyl (C=S) groups is 1. The number of likely N-dealkylation sites (tertiary alicyclic amines) is 1. The molecule has 0 amide bonds. The molecule has 0 aromatic heterocycles. The van der Waals surface area contributed by atoms with Crippen molar-refractivity contribution in [2.75, 3.05) is 26.7 Å². The van der Waals surface area contributed by atoms with Gasteiger partial charge in [-0.15, -0.1) is 0 Å². The number of quaternary nitrogens is 1. The van der Waals surface area contributed by atoms with Crippen LogP contribution in [0.3, 0.4) is 0 Å². The number of hydrogen-bond donors (Lipinski definition) is 2. The highest BCUT2D eigenvalue weighted by molar-refractivity contribution is 9.10. The van der Waals surface area contributed by atoms with E-state index in [9.17, 15) is 0 Å². The minimum atomic E-state index is 0.401. The maximum absolute atomic E-state index is 5.60. The van der Waals surface area contributed by atoms with E-state index in [0.717, 1.165) is 27.3 Å². The van der Waals surface area contributed by atoms with Crippen molar-refractivity contribution in [3.8, 4) is 5.75 Å². The van der Waals surface area contributed by atoms with E-state index >= 15 is 0 Å². The number of halogens is 1. The molecule has 0 unspecified atom stereocenters. The van der Waals surface area contributed by atoms with Gasteiger partial charge in [-0.3, -0.25) is 0 Å². The molecule has 5 heteroatoms. The van der Waals surface area contributed by atoms with E-state index in [1.54, 1.807) is 12.0 Å². The van der Waals surface area contributed by atoms with Crippen molar-refractivity contribution < 1.29 is 9.64 Å². The van der Waals surface area contributed by atoms with E-state index in [-0.39, 0.29) is 0 Å². The van der Waals surface area contributed by atoms with Gasteiger partial charge in [0.25, 0.3) is 0 Å². The van der Waals surface area contributed by atoms with Gasteiger partial charge in [0.15, 0.2) is 0 Å². The van der Waals surface area contributed by atoms with Crippen molar-refractivity contribution in [2.45, 2.75) is 18.9 Å². The molecule has 2 N–H and O–H groups in total. The maximum atomic E-state index is 5.60. The fourth-order valence-corrected chi connectivity index (χ4v) is 4.05. The average molecular weight is 420 g/mol. The first-order valence-corrected chi connectivity index (χ1v) is 9.90. The van der Waals surface area contributed by atoms with Crippen LogP contribution in [0.25, 0.3) is 0 Å². The average Bonchev–Trinajstić information content (AvgIpc) is 3.16. The predicted octanol–water partition coefficient (Wildman–Crippen LogP) is 3.14. The first-order valence-electron chi connectivity index (χ1n) is 8.69. The van der Waals surface area contributed by atoms with Crippen molar-refractivity contribution in [3.63, 3.8) is 0 Å². The molecule has 2 aromatic rings. The third-order valence-electron chi connectivity index (χ3n) is 4.81.